The van der Waals surface area contributed by atoms with Gasteiger partial charge in [0.2, 0.25) is 5.91 Å². The second kappa shape index (κ2) is 10.1. The van der Waals surface area contributed by atoms with Crippen LogP contribution < -0.4 is 5.32 Å². The van der Waals surface area contributed by atoms with Gasteiger partial charge in [-0.1, -0.05) is 24.8 Å². The molecule has 0 aliphatic heterocycles. The zero-order valence-electron chi connectivity index (χ0n) is 19.2. The van der Waals surface area contributed by atoms with Gasteiger partial charge in [0.25, 0.3) is 0 Å². The number of nitrogens with zero attached hydrogens (tertiary/aromatic N) is 4. The highest BCUT2D eigenvalue weighted by Crippen LogP contribution is 2.39. The van der Waals surface area contributed by atoms with Crippen molar-refractivity contribution in [2.45, 2.75) is 63.6 Å². The summed E-state index contributed by atoms with van der Waals surface area (Å²) in [6.07, 6.45) is 9.43. The van der Waals surface area contributed by atoms with Crippen molar-refractivity contribution in [3.8, 4) is 17.5 Å². The Balaban J connectivity index is 1.32. The first-order valence-corrected chi connectivity index (χ1v) is 14.4. The lowest BCUT2D eigenvalue weighted by atomic mass is 9.88. The van der Waals surface area contributed by atoms with E-state index in [1.54, 1.807) is 11.3 Å². The van der Waals surface area contributed by atoms with Crippen molar-refractivity contribution in [1.29, 1.82) is 5.26 Å². The fourth-order valence-electron chi connectivity index (χ4n) is 4.82. The number of anilines is 1. The molecule has 1 unspecified atom stereocenters. The van der Waals surface area contributed by atoms with Crippen LogP contribution in [0.25, 0.3) is 11.4 Å². The molecular formula is C25H27N5OS3. The predicted octanol–water partition coefficient (Wildman–Crippen LogP) is 5.86. The number of rotatable bonds is 7. The average molecular weight is 510 g/mol. The van der Waals surface area contributed by atoms with E-state index in [1.165, 1.54) is 39.1 Å². The molecule has 0 fully saturated rings. The van der Waals surface area contributed by atoms with Gasteiger partial charge in [-0.05, 0) is 62.0 Å². The van der Waals surface area contributed by atoms with Crippen molar-refractivity contribution in [3.05, 3.63) is 44.5 Å². The molecule has 3 aromatic heterocycles. The average Bonchev–Trinajstić information content (AvgIpc) is 3.52. The summed E-state index contributed by atoms with van der Waals surface area (Å²) in [7, 11) is 0. The lowest BCUT2D eigenvalue weighted by molar-refractivity contribution is -0.113. The van der Waals surface area contributed by atoms with Crippen LogP contribution >= 0.6 is 34.4 Å². The molecule has 0 saturated carbocycles. The maximum atomic E-state index is 12.8. The molecule has 0 saturated heterocycles. The predicted molar refractivity (Wildman–Crippen MR) is 140 cm³/mol. The highest BCUT2D eigenvalue weighted by molar-refractivity contribution is 7.99. The second-order valence-corrected chi connectivity index (χ2v) is 12.0. The molecule has 1 amide bonds. The van der Waals surface area contributed by atoms with Gasteiger partial charge in [0.05, 0.1) is 11.3 Å². The fraction of sp³-hybridized carbons (Fsp3) is 0.440. The van der Waals surface area contributed by atoms with Crippen molar-refractivity contribution < 1.29 is 4.79 Å². The number of amides is 1. The minimum atomic E-state index is -0.128. The molecule has 176 valence electrons. The summed E-state index contributed by atoms with van der Waals surface area (Å²) in [5.74, 6) is 1.66. The summed E-state index contributed by atoms with van der Waals surface area (Å²) < 4.78 is 2.05. The van der Waals surface area contributed by atoms with E-state index in [4.69, 9.17) is 0 Å². The number of aryl methyl sites for hydroxylation is 1. The Hall–Kier alpha value is -2.41. The van der Waals surface area contributed by atoms with Gasteiger partial charge >= 0.3 is 0 Å². The van der Waals surface area contributed by atoms with Gasteiger partial charge in [-0.15, -0.1) is 39.4 Å². The molecule has 1 N–H and O–H groups in total. The normalized spacial score (nSPS) is 17.0. The van der Waals surface area contributed by atoms with E-state index >= 15 is 0 Å². The number of carbonyl (C=O) groups excluding carboxylic acids is 1. The van der Waals surface area contributed by atoms with E-state index in [9.17, 15) is 10.1 Å². The van der Waals surface area contributed by atoms with Crippen LogP contribution in [0.2, 0.25) is 0 Å². The summed E-state index contributed by atoms with van der Waals surface area (Å²) in [4.78, 5) is 15.5. The standard InChI is InChI=1S/C25H27N5OS3/c1-3-10-30-23(19-13-32-21-11-15(2)8-9-17(19)21)28-29-25(30)33-14-22(31)27-24-18(12-26)16-6-4-5-7-20(16)34-24/h3,13,15H,1,4-11,14H2,2H3,(H,27,31). The minimum absolute atomic E-state index is 0.128. The molecule has 0 spiro atoms. The zero-order chi connectivity index (χ0) is 23.7. The lowest BCUT2D eigenvalue weighted by Gasteiger charge is -2.19. The number of thiophene rings is 2. The summed E-state index contributed by atoms with van der Waals surface area (Å²) in [5, 5.41) is 25.2. The van der Waals surface area contributed by atoms with Gasteiger partial charge in [0.1, 0.15) is 11.1 Å². The summed E-state index contributed by atoms with van der Waals surface area (Å²) in [6.45, 7) is 6.81. The number of hydrogen-bond acceptors (Lipinski definition) is 7. The van der Waals surface area contributed by atoms with E-state index in [0.717, 1.165) is 55.8 Å². The van der Waals surface area contributed by atoms with Crippen LogP contribution in [0.4, 0.5) is 5.00 Å². The third kappa shape index (κ3) is 4.47. The summed E-state index contributed by atoms with van der Waals surface area (Å²) in [5.41, 5.74) is 4.35. The van der Waals surface area contributed by atoms with Gasteiger partial charge in [0, 0.05) is 27.2 Å². The van der Waals surface area contributed by atoms with Crippen LogP contribution in [-0.2, 0) is 37.0 Å². The first-order chi connectivity index (χ1) is 16.6. The van der Waals surface area contributed by atoms with E-state index in [1.807, 2.05) is 17.4 Å². The number of fused-ring (bicyclic) bond motifs is 2. The monoisotopic (exact) mass is 509 g/mol. The molecule has 0 bridgehead atoms. The topological polar surface area (TPSA) is 83.6 Å². The minimum Gasteiger partial charge on any atom is -0.316 e. The van der Waals surface area contributed by atoms with E-state index in [2.05, 4.69) is 45.0 Å². The molecule has 1 atom stereocenters. The number of nitrogens with one attached hydrogen (secondary N) is 1. The Bertz CT molecular complexity index is 1280. The Morgan fingerprint density at radius 2 is 2.18 bits per heavy atom. The molecule has 9 heteroatoms. The summed E-state index contributed by atoms with van der Waals surface area (Å²) in [6, 6.07) is 2.31. The van der Waals surface area contributed by atoms with Gasteiger partial charge in [-0.2, -0.15) is 5.26 Å². The highest BCUT2D eigenvalue weighted by Gasteiger charge is 2.25. The molecule has 5 rings (SSSR count). The zero-order valence-corrected chi connectivity index (χ0v) is 21.7. The molecule has 3 heterocycles. The van der Waals surface area contributed by atoms with Crippen molar-refractivity contribution in [3.63, 3.8) is 0 Å². The van der Waals surface area contributed by atoms with Crippen LogP contribution in [0.3, 0.4) is 0 Å². The van der Waals surface area contributed by atoms with Crippen LogP contribution in [0.1, 0.15) is 52.6 Å². The highest BCUT2D eigenvalue weighted by atomic mass is 32.2. The number of allylic oxidation sites excluding steroid dienone is 1. The molecule has 2 aliphatic carbocycles. The van der Waals surface area contributed by atoms with Crippen molar-refractivity contribution in [1.82, 2.24) is 14.8 Å². The summed E-state index contributed by atoms with van der Waals surface area (Å²) >= 11 is 4.75. The maximum absolute atomic E-state index is 12.8. The van der Waals surface area contributed by atoms with Gasteiger partial charge < -0.3 is 5.32 Å². The maximum Gasteiger partial charge on any atom is 0.235 e. The second-order valence-electron chi connectivity index (χ2n) is 8.97. The van der Waals surface area contributed by atoms with Crippen molar-refractivity contribution in [2.24, 2.45) is 5.92 Å². The number of aromatic nitrogens is 3. The van der Waals surface area contributed by atoms with Gasteiger partial charge in [-0.3, -0.25) is 9.36 Å². The van der Waals surface area contributed by atoms with Crippen LogP contribution in [0, 0.1) is 17.2 Å². The Kier molecular flexibility index (Phi) is 6.91. The number of carbonyl (C=O) groups is 1. The molecule has 2 aliphatic rings. The van der Waals surface area contributed by atoms with Crippen LogP contribution in [0.15, 0.2) is 23.2 Å². The number of hydrogen-bond donors (Lipinski definition) is 1. The first kappa shape index (κ1) is 23.3. The van der Waals surface area contributed by atoms with Gasteiger partial charge in [-0.25, -0.2) is 0 Å². The molecule has 6 nitrogen and oxygen atoms in total. The third-order valence-electron chi connectivity index (χ3n) is 6.54. The Morgan fingerprint density at radius 3 is 3.00 bits per heavy atom. The molecule has 34 heavy (non-hydrogen) atoms. The van der Waals surface area contributed by atoms with Crippen LogP contribution in [-0.4, -0.2) is 26.4 Å². The van der Waals surface area contributed by atoms with E-state index < -0.39 is 0 Å². The number of thioether (sulfide) groups is 1. The van der Waals surface area contributed by atoms with Crippen molar-refractivity contribution >= 4 is 45.3 Å². The Morgan fingerprint density at radius 1 is 1.32 bits per heavy atom. The fourth-order valence-corrected chi connectivity index (χ4v) is 8.06. The van der Waals surface area contributed by atoms with E-state index in [0.29, 0.717) is 22.3 Å². The first-order valence-electron chi connectivity index (χ1n) is 11.7. The van der Waals surface area contributed by atoms with Crippen molar-refractivity contribution in [2.75, 3.05) is 11.1 Å². The van der Waals surface area contributed by atoms with Crippen LogP contribution in [0.5, 0.6) is 0 Å². The SMILES string of the molecule is C=CCn1c(SCC(=O)Nc2sc3c(c2C#N)CCCC3)nnc1-c1csc2c1CCC(C)C2. The largest absolute Gasteiger partial charge is 0.316 e. The quantitative estimate of drug-likeness (QED) is 0.319. The molecule has 0 aromatic carbocycles. The van der Waals surface area contributed by atoms with Gasteiger partial charge in [0.15, 0.2) is 11.0 Å². The number of nitriles is 1. The smallest absolute Gasteiger partial charge is 0.235 e. The molecular weight excluding hydrogens is 483 g/mol. The molecule has 3 aromatic rings. The molecule has 0 radical (unpaired) electrons. The third-order valence-corrected chi connectivity index (χ3v) is 9.76. The van der Waals surface area contributed by atoms with E-state index in [-0.39, 0.29) is 11.7 Å². The lowest BCUT2D eigenvalue weighted by Crippen LogP contribution is -2.14. The Labute approximate surface area is 212 Å².